The number of nitrogens with zero attached hydrogens (tertiary/aromatic N) is 3. The second-order valence-corrected chi connectivity index (χ2v) is 7.72. The Balaban J connectivity index is 1.37. The van der Waals surface area contributed by atoms with Crippen LogP contribution in [0.1, 0.15) is 11.3 Å². The summed E-state index contributed by atoms with van der Waals surface area (Å²) < 4.78 is 6.96. The highest BCUT2D eigenvalue weighted by Crippen LogP contribution is 2.23. The van der Waals surface area contributed by atoms with E-state index in [4.69, 9.17) is 4.74 Å². The van der Waals surface area contributed by atoms with Gasteiger partial charge in [0.15, 0.2) is 5.82 Å². The molecule has 8 nitrogen and oxygen atoms in total. The van der Waals surface area contributed by atoms with Crippen LogP contribution in [0, 0.1) is 6.92 Å². The molecule has 0 unspecified atom stereocenters. The predicted octanol–water partition coefficient (Wildman–Crippen LogP) is 3.07. The van der Waals surface area contributed by atoms with Crippen molar-refractivity contribution in [3.8, 4) is 17.1 Å². The Hall–Kier alpha value is -3.72. The normalized spacial score (nSPS) is 10.8. The Morgan fingerprint density at radius 1 is 1.13 bits per heavy atom. The number of ether oxygens (including phenoxy) is 1. The molecule has 2 heterocycles. The lowest BCUT2D eigenvalue weighted by Gasteiger charge is -2.09. The van der Waals surface area contributed by atoms with E-state index in [2.05, 4.69) is 20.7 Å². The van der Waals surface area contributed by atoms with Crippen molar-refractivity contribution in [3.05, 3.63) is 65.2 Å². The fourth-order valence-corrected chi connectivity index (χ4v) is 3.97. The van der Waals surface area contributed by atoms with Crippen LogP contribution in [-0.2, 0) is 16.0 Å². The number of hydrogen-bond acceptors (Lipinski definition) is 6. The number of nitrogens with one attached hydrogen (secondary N) is 2. The maximum atomic E-state index is 12.2. The number of amides is 2. The standard InChI is InChI=1S/C22H21N5O3S/c1-14-6-5-7-15(12-14)19-25-22-27(26-19)16(13-31-22)10-11-23-20(28)21(29)24-17-8-3-4-9-18(17)30-2/h3-9,12-13H,10-11H2,1-2H3,(H,23,28)(H,24,29). The molecule has 0 radical (unpaired) electrons. The van der Waals surface area contributed by atoms with Gasteiger partial charge in [0, 0.05) is 23.9 Å². The second-order valence-electron chi connectivity index (χ2n) is 6.89. The fourth-order valence-electron chi connectivity index (χ4n) is 3.11. The molecular weight excluding hydrogens is 414 g/mol. The molecule has 0 saturated heterocycles. The van der Waals surface area contributed by atoms with Crippen molar-refractivity contribution < 1.29 is 14.3 Å². The van der Waals surface area contributed by atoms with E-state index < -0.39 is 11.8 Å². The monoisotopic (exact) mass is 435 g/mol. The Morgan fingerprint density at radius 3 is 2.77 bits per heavy atom. The molecule has 2 aromatic heterocycles. The van der Waals surface area contributed by atoms with Crippen LogP contribution in [-0.4, -0.2) is 40.1 Å². The lowest BCUT2D eigenvalue weighted by atomic mass is 10.1. The number of hydrogen-bond donors (Lipinski definition) is 2. The van der Waals surface area contributed by atoms with Gasteiger partial charge >= 0.3 is 11.8 Å². The predicted molar refractivity (Wildman–Crippen MR) is 119 cm³/mol. The molecule has 2 aromatic carbocycles. The first-order valence-electron chi connectivity index (χ1n) is 9.67. The lowest BCUT2D eigenvalue weighted by Crippen LogP contribution is -2.36. The number of benzene rings is 2. The number of rotatable bonds is 6. The van der Waals surface area contributed by atoms with E-state index in [0.717, 1.165) is 21.8 Å². The molecule has 31 heavy (non-hydrogen) atoms. The van der Waals surface area contributed by atoms with Gasteiger partial charge in [-0.05, 0) is 25.1 Å². The highest BCUT2D eigenvalue weighted by Gasteiger charge is 2.16. The van der Waals surface area contributed by atoms with E-state index in [0.29, 0.717) is 30.2 Å². The lowest BCUT2D eigenvalue weighted by molar-refractivity contribution is -0.136. The average molecular weight is 436 g/mol. The van der Waals surface area contributed by atoms with Gasteiger partial charge in [0.05, 0.1) is 18.5 Å². The van der Waals surface area contributed by atoms with Gasteiger partial charge in [0.1, 0.15) is 5.75 Å². The molecule has 4 aromatic rings. The smallest absolute Gasteiger partial charge is 0.313 e. The van der Waals surface area contributed by atoms with Gasteiger partial charge in [-0.3, -0.25) is 9.59 Å². The summed E-state index contributed by atoms with van der Waals surface area (Å²) in [6.07, 6.45) is 0.518. The maximum Gasteiger partial charge on any atom is 0.313 e. The minimum Gasteiger partial charge on any atom is -0.495 e. The molecular formula is C22H21N5O3S. The molecule has 0 atom stereocenters. The molecule has 0 spiro atoms. The van der Waals surface area contributed by atoms with Crippen LogP contribution in [0.4, 0.5) is 5.69 Å². The zero-order valence-corrected chi connectivity index (χ0v) is 17.9. The third-order valence-corrected chi connectivity index (χ3v) is 5.52. The summed E-state index contributed by atoms with van der Waals surface area (Å²) in [5.41, 5.74) is 3.46. The van der Waals surface area contributed by atoms with Crippen molar-refractivity contribution in [3.63, 3.8) is 0 Å². The second kappa shape index (κ2) is 8.97. The van der Waals surface area contributed by atoms with Crippen LogP contribution in [0.25, 0.3) is 16.3 Å². The van der Waals surface area contributed by atoms with E-state index in [1.54, 1.807) is 28.8 Å². The van der Waals surface area contributed by atoms with Crippen molar-refractivity contribution in [2.24, 2.45) is 0 Å². The highest BCUT2D eigenvalue weighted by molar-refractivity contribution is 7.15. The van der Waals surface area contributed by atoms with E-state index in [9.17, 15) is 9.59 Å². The Kier molecular flexibility index (Phi) is 5.94. The summed E-state index contributed by atoms with van der Waals surface area (Å²) in [7, 11) is 1.50. The number of aryl methyl sites for hydroxylation is 1. The van der Waals surface area contributed by atoms with E-state index in [-0.39, 0.29) is 0 Å². The molecule has 158 valence electrons. The largest absolute Gasteiger partial charge is 0.495 e. The SMILES string of the molecule is COc1ccccc1NC(=O)C(=O)NCCc1csc2nc(-c3cccc(C)c3)nn12. The number of fused-ring (bicyclic) bond motifs is 1. The Bertz CT molecular complexity index is 1250. The van der Waals surface area contributed by atoms with Gasteiger partial charge in [-0.2, -0.15) is 4.98 Å². The molecule has 2 N–H and O–H groups in total. The van der Waals surface area contributed by atoms with Crippen LogP contribution in [0.3, 0.4) is 0 Å². The zero-order chi connectivity index (χ0) is 21.8. The fraction of sp³-hybridized carbons (Fsp3) is 0.182. The summed E-state index contributed by atoms with van der Waals surface area (Å²) >= 11 is 1.49. The minimum absolute atomic E-state index is 0.295. The first-order chi connectivity index (χ1) is 15.0. The van der Waals surface area contributed by atoms with E-state index >= 15 is 0 Å². The summed E-state index contributed by atoms with van der Waals surface area (Å²) in [5, 5.41) is 11.8. The van der Waals surface area contributed by atoms with Crippen molar-refractivity contribution in [1.82, 2.24) is 19.9 Å². The molecule has 9 heteroatoms. The van der Waals surface area contributed by atoms with Crippen LogP contribution >= 0.6 is 11.3 Å². The van der Waals surface area contributed by atoms with Gasteiger partial charge in [-0.25, -0.2) is 4.52 Å². The quantitative estimate of drug-likeness (QED) is 0.454. The topological polar surface area (TPSA) is 97.6 Å². The van der Waals surface area contributed by atoms with Crippen LogP contribution in [0.5, 0.6) is 5.75 Å². The third kappa shape index (κ3) is 4.56. The van der Waals surface area contributed by atoms with Gasteiger partial charge in [0.25, 0.3) is 0 Å². The average Bonchev–Trinajstić information content (AvgIpc) is 3.36. The van der Waals surface area contributed by atoms with Crippen LogP contribution in [0.2, 0.25) is 0 Å². The molecule has 4 rings (SSSR count). The molecule has 0 aliphatic rings. The van der Waals surface area contributed by atoms with E-state index in [1.807, 2.05) is 36.6 Å². The van der Waals surface area contributed by atoms with Crippen LogP contribution < -0.4 is 15.4 Å². The molecule has 0 aliphatic carbocycles. The summed E-state index contributed by atoms with van der Waals surface area (Å²) in [6, 6.07) is 14.9. The van der Waals surface area contributed by atoms with Gasteiger partial charge in [-0.15, -0.1) is 16.4 Å². The van der Waals surface area contributed by atoms with Crippen molar-refractivity contribution in [2.75, 3.05) is 19.0 Å². The van der Waals surface area contributed by atoms with Gasteiger partial charge in [0.2, 0.25) is 4.96 Å². The number of methoxy groups -OCH3 is 1. The summed E-state index contributed by atoms with van der Waals surface area (Å²) in [5.74, 6) is -0.309. The molecule has 0 bridgehead atoms. The van der Waals surface area contributed by atoms with Gasteiger partial charge < -0.3 is 15.4 Å². The Morgan fingerprint density at radius 2 is 1.97 bits per heavy atom. The van der Waals surface area contributed by atoms with Crippen molar-refractivity contribution in [2.45, 2.75) is 13.3 Å². The first-order valence-corrected chi connectivity index (χ1v) is 10.6. The third-order valence-electron chi connectivity index (χ3n) is 4.65. The first kappa shape index (κ1) is 20.5. The summed E-state index contributed by atoms with van der Waals surface area (Å²) in [4.78, 5) is 29.7. The molecule has 2 amide bonds. The summed E-state index contributed by atoms with van der Waals surface area (Å²) in [6.45, 7) is 2.32. The zero-order valence-electron chi connectivity index (χ0n) is 17.1. The van der Waals surface area contributed by atoms with Crippen molar-refractivity contribution in [1.29, 1.82) is 0 Å². The molecule has 0 aliphatic heterocycles. The maximum absolute atomic E-state index is 12.2. The van der Waals surface area contributed by atoms with Crippen LogP contribution in [0.15, 0.2) is 53.9 Å². The number of carbonyl (C=O) groups excluding carboxylic acids is 2. The molecule has 0 saturated carbocycles. The highest BCUT2D eigenvalue weighted by atomic mass is 32.1. The number of para-hydroxylation sites is 2. The number of anilines is 1. The minimum atomic E-state index is -0.748. The number of aromatic nitrogens is 3. The van der Waals surface area contributed by atoms with Crippen molar-refractivity contribution >= 4 is 33.8 Å². The Labute approximate surface area is 182 Å². The molecule has 0 fully saturated rings. The number of carbonyl (C=O) groups is 2. The van der Waals surface area contributed by atoms with Gasteiger partial charge in [-0.1, -0.05) is 35.9 Å². The van der Waals surface area contributed by atoms with E-state index in [1.165, 1.54) is 18.4 Å². The number of thiazole rings is 1.